The molecule has 3 atom stereocenters. The molecule has 2 aliphatic rings. The van der Waals surface area contributed by atoms with Gasteiger partial charge in [0, 0.05) is 11.5 Å². The highest BCUT2D eigenvalue weighted by Gasteiger charge is 2.57. The van der Waals surface area contributed by atoms with Crippen LogP contribution >= 0.6 is 0 Å². The molecule has 0 radical (unpaired) electrons. The van der Waals surface area contributed by atoms with E-state index in [0.717, 1.165) is 19.3 Å². The minimum Gasteiger partial charge on any atom is -0.456 e. The smallest absolute Gasteiger partial charge is 0.333 e. The van der Waals surface area contributed by atoms with E-state index in [-0.39, 0.29) is 11.6 Å². The summed E-state index contributed by atoms with van der Waals surface area (Å²) >= 11 is 0. The van der Waals surface area contributed by atoms with E-state index >= 15 is 0 Å². The average Bonchev–Trinajstić information content (AvgIpc) is 2.87. The monoisotopic (exact) mass is 238 g/mol. The van der Waals surface area contributed by atoms with Crippen molar-refractivity contribution in [2.24, 2.45) is 5.92 Å². The number of ether oxygens (including phenoxy) is 2. The molecule has 0 aromatic carbocycles. The van der Waals surface area contributed by atoms with Gasteiger partial charge in [0.25, 0.3) is 0 Å². The van der Waals surface area contributed by atoms with Crippen LogP contribution in [0.3, 0.4) is 0 Å². The molecule has 0 aromatic heterocycles. The van der Waals surface area contributed by atoms with Crippen LogP contribution in [-0.4, -0.2) is 23.3 Å². The van der Waals surface area contributed by atoms with Crippen molar-refractivity contribution in [1.29, 1.82) is 0 Å². The predicted molar refractivity (Wildman–Crippen MR) is 65.6 cm³/mol. The Bertz CT molecular complexity index is 358. The zero-order valence-electron chi connectivity index (χ0n) is 11.2. The van der Waals surface area contributed by atoms with Crippen LogP contribution < -0.4 is 0 Å². The maximum atomic E-state index is 11.6. The third kappa shape index (κ3) is 2.39. The number of fused-ring (bicyclic) bond motifs is 1. The Balaban J connectivity index is 1.96. The second-order valence-corrected chi connectivity index (χ2v) is 6.16. The van der Waals surface area contributed by atoms with Gasteiger partial charge >= 0.3 is 5.97 Å². The molecule has 3 nitrogen and oxygen atoms in total. The van der Waals surface area contributed by atoms with Crippen molar-refractivity contribution >= 4 is 5.97 Å². The molecule has 0 bridgehead atoms. The molecule has 1 saturated heterocycles. The van der Waals surface area contributed by atoms with Gasteiger partial charge in [-0.25, -0.2) is 4.79 Å². The molecule has 1 saturated carbocycles. The fraction of sp³-hybridized carbons (Fsp3) is 0.786. The van der Waals surface area contributed by atoms with Gasteiger partial charge in [0.05, 0.1) is 11.7 Å². The molecule has 1 heterocycles. The van der Waals surface area contributed by atoms with Crippen LogP contribution in [0.4, 0.5) is 0 Å². The van der Waals surface area contributed by atoms with Crippen LogP contribution in [0, 0.1) is 5.92 Å². The zero-order valence-corrected chi connectivity index (χ0v) is 11.2. The maximum Gasteiger partial charge on any atom is 0.333 e. The fourth-order valence-corrected chi connectivity index (χ4v) is 2.69. The molecule has 96 valence electrons. The lowest BCUT2D eigenvalue weighted by Gasteiger charge is -2.36. The fourth-order valence-electron chi connectivity index (χ4n) is 2.69. The van der Waals surface area contributed by atoms with Gasteiger partial charge in [-0.05, 0) is 47.0 Å². The molecular formula is C14H22O3. The Morgan fingerprint density at radius 2 is 2.18 bits per heavy atom. The number of epoxide rings is 1. The minimum atomic E-state index is -0.427. The molecule has 1 aliphatic carbocycles. The topological polar surface area (TPSA) is 38.8 Å². The lowest BCUT2D eigenvalue weighted by atomic mass is 9.75. The predicted octanol–water partition coefficient (Wildman–Crippen LogP) is 2.84. The van der Waals surface area contributed by atoms with Crippen molar-refractivity contribution in [2.75, 3.05) is 0 Å². The van der Waals surface area contributed by atoms with Crippen molar-refractivity contribution in [3.05, 3.63) is 12.2 Å². The summed E-state index contributed by atoms with van der Waals surface area (Å²) in [6.45, 7) is 11.4. The van der Waals surface area contributed by atoms with Gasteiger partial charge in [0.1, 0.15) is 5.60 Å². The highest BCUT2D eigenvalue weighted by Crippen LogP contribution is 2.51. The summed E-state index contributed by atoms with van der Waals surface area (Å²) < 4.78 is 11.2. The van der Waals surface area contributed by atoms with Crippen molar-refractivity contribution in [3.8, 4) is 0 Å². The van der Waals surface area contributed by atoms with Gasteiger partial charge in [-0.3, -0.25) is 0 Å². The second kappa shape index (κ2) is 3.84. The van der Waals surface area contributed by atoms with Gasteiger partial charge in [0.2, 0.25) is 0 Å². The third-order valence-corrected chi connectivity index (χ3v) is 4.21. The van der Waals surface area contributed by atoms with Crippen molar-refractivity contribution in [2.45, 2.75) is 64.3 Å². The van der Waals surface area contributed by atoms with Crippen LogP contribution in [0.1, 0.15) is 47.0 Å². The summed E-state index contributed by atoms with van der Waals surface area (Å²) in [6.07, 6.45) is 3.48. The highest BCUT2D eigenvalue weighted by atomic mass is 16.6. The molecule has 2 rings (SSSR count). The quantitative estimate of drug-likeness (QED) is 0.431. The number of esters is 1. The van der Waals surface area contributed by atoms with E-state index in [4.69, 9.17) is 9.47 Å². The second-order valence-electron chi connectivity index (χ2n) is 6.16. The van der Waals surface area contributed by atoms with E-state index in [2.05, 4.69) is 13.5 Å². The third-order valence-electron chi connectivity index (χ3n) is 4.21. The summed E-state index contributed by atoms with van der Waals surface area (Å²) in [6, 6.07) is 0. The molecular weight excluding hydrogens is 216 g/mol. The van der Waals surface area contributed by atoms with Crippen LogP contribution in [0.5, 0.6) is 0 Å². The Hall–Kier alpha value is -0.830. The average molecular weight is 238 g/mol. The number of hydrogen-bond donors (Lipinski definition) is 0. The summed E-state index contributed by atoms with van der Waals surface area (Å²) in [4.78, 5) is 11.6. The number of rotatable bonds is 3. The first-order chi connectivity index (χ1) is 7.74. The van der Waals surface area contributed by atoms with E-state index in [1.54, 1.807) is 6.92 Å². The summed E-state index contributed by atoms with van der Waals surface area (Å²) in [5.74, 6) is 0.0893. The first-order valence-electron chi connectivity index (χ1n) is 6.31. The largest absolute Gasteiger partial charge is 0.456 e. The Kier molecular flexibility index (Phi) is 2.85. The molecule has 0 N–H and O–H groups in total. The molecule has 0 aromatic rings. The van der Waals surface area contributed by atoms with Gasteiger partial charge in [-0.1, -0.05) is 6.58 Å². The molecule has 2 fully saturated rings. The van der Waals surface area contributed by atoms with E-state index < -0.39 is 5.60 Å². The van der Waals surface area contributed by atoms with Gasteiger partial charge in [-0.2, -0.15) is 0 Å². The zero-order chi connectivity index (χ0) is 12.8. The molecule has 0 amide bonds. The number of hydrogen-bond acceptors (Lipinski definition) is 3. The Labute approximate surface area is 103 Å². The first kappa shape index (κ1) is 12.6. The standard InChI is InChI=1S/C14H22O3/c1-9(2)12(15)17-13(3,4)10-6-7-14(5)11(8-10)16-14/h10-11H,1,6-8H2,2-5H3. The first-order valence-corrected chi connectivity index (χ1v) is 6.31. The molecule has 3 heteroatoms. The lowest BCUT2D eigenvalue weighted by Crippen LogP contribution is -2.40. The Morgan fingerprint density at radius 1 is 1.53 bits per heavy atom. The van der Waals surface area contributed by atoms with Gasteiger partial charge in [0.15, 0.2) is 0 Å². The summed E-state index contributed by atoms with van der Waals surface area (Å²) in [5.41, 5.74) is 0.148. The molecule has 3 unspecified atom stereocenters. The Morgan fingerprint density at radius 3 is 2.71 bits per heavy atom. The van der Waals surface area contributed by atoms with Crippen LogP contribution in [0.15, 0.2) is 12.2 Å². The van der Waals surface area contributed by atoms with Crippen molar-refractivity contribution in [3.63, 3.8) is 0 Å². The molecule has 1 aliphatic heterocycles. The molecule has 17 heavy (non-hydrogen) atoms. The summed E-state index contributed by atoms with van der Waals surface area (Å²) in [7, 11) is 0. The van der Waals surface area contributed by atoms with E-state index in [9.17, 15) is 4.79 Å². The van der Waals surface area contributed by atoms with Crippen LogP contribution in [0.25, 0.3) is 0 Å². The number of carbonyl (C=O) groups is 1. The van der Waals surface area contributed by atoms with Crippen LogP contribution in [-0.2, 0) is 14.3 Å². The van der Waals surface area contributed by atoms with Crippen LogP contribution in [0.2, 0.25) is 0 Å². The number of carbonyl (C=O) groups excluding carboxylic acids is 1. The molecule has 0 spiro atoms. The SMILES string of the molecule is C=C(C)C(=O)OC(C)(C)C1CCC2(C)OC2C1. The normalized spacial score (nSPS) is 36.0. The van der Waals surface area contributed by atoms with Gasteiger partial charge in [-0.15, -0.1) is 0 Å². The van der Waals surface area contributed by atoms with E-state index in [1.807, 2.05) is 13.8 Å². The maximum absolute atomic E-state index is 11.6. The van der Waals surface area contributed by atoms with E-state index in [1.165, 1.54) is 0 Å². The van der Waals surface area contributed by atoms with Gasteiger partial charge < -0.3 is 9.47 Å². The van der Waals surface area contributed by atoms with Crippen molar-refractivity contribution in [1.82, 2.24) is 0 Å². The summed E-state index contributed by atoms with van der Waals surface area (Å²) in [5, 5.41) is 0. The highest BCUT2D eigenvalue weighted by molar-refractivity contribution is 5.87. The van der Waals surface area contributed by atoms with E-state index in [0.29, 0.717) is 17.6 Å². The van der Waals surface area contributed by atoms with Crippen molar-refractivity contribution < 1.29 is 14.3 Å². The lowest BCUT2D eigenvalue weighted by molar-refractivity contribution is -0.157. The minimum absolute atomic E-state index is 0.116.